The summed E-state index contributed by atoms with van der Waals surface area (Å²) in [6.07, 6.45) is 3.35. The van der Waals surface area contributed by atoms with Gasteiger partial charge in [0.1, 0.15) is 0 Å². The van der Waals surface area contributed by atoms with E-state index in [0.29, 0.717) is 19.2 Å². The molecule has 1 amide bonds. The molecule has 0 aromatic rings. The van der Waals surface area contributed by atoms with Crippen molar-refractivity contribution in [1.82, 2.24) is 9.80 Å². The highest BCUT2D eigenvalue weighted by Gasteiger charge is 2.26. The van der Waals surface area contributed by atoms with Crippen LogP contribution < -0.4 is 0 Å². The van der Waals surface area contributed by atoms with E-state index in [1.54, 1.807) is 6.92 Å². The second kappa shape index (κ2) is 8.25. The van der Waals surface area contributed by atoms with Crippen LogP contribution in [0.3, 0.4) is 0 Å². The van der Waals surface area contributed by atoms with Crippen molar-refractivity contribution in [1.29, 1.82) is 0 Å². The first-order valence-electron chi connectivity index (χ1n) is 7.64. The van der Waals surface area contributed by atoms with Crippen molar-refractivity contribution in [2.75, 3.05) is 26.2 Å². The predicted octanol–water partition coefficient (Wildman–Crippen LogP) is 1.66. The van der Waals surface area contributed by atoms with Crippen LogP contribution in [0.25, 0.3) is 0 Å². The lowest BCUT2D eigenvalue weighted by molar-refractivity contribution is -0.146. The molecular formula is C15H28N2O3. The molecule has 0 spiro atoms. The van der Waals surface area contributed by atoms with E-state index in [-0.39, 0.29) is 24.5 Å². The van der Waals surface area contributed by atoms with Crippen molar-refractivity contribution in [3.8, 4) is 0 Å². The number of ether oxygens (including phenoxy) is 1. The highest BCUT2D eigenvalue weighted by Crippen LogP contribution is 2.17. The Morgan fingerprint density at radius 1 is 1.30 bits per heavy atom. The Kier molecular flexibility index (Phi) is 6.99. The van der Waals surface area contributed by atoms with Crippen LogP contribution in [-0.2, 0) is 14.3 Å². The summed E-state index contributed by atoms with van der Waals surface area (Å²) in [5, 5.41) is 0. The molecule has 1 rings (SSSR count). The lowest BCUT2D eigenvalue weighted by Gasteiger charge is -2.35. The third kappa shape index (κ3) is 5.12. The van der Waals surface area contributed by atoms with Gasteiger partial charge in [-0.2, -0.15) is 0 Å². The van der Waals surface area contributed by atoms with Crippen LogP contribution in [0.2, 0.25) is 0 Å². The number of amides is 1. The van der Waals surface area contributed by atoms with E-state index < -0.39 is 0 Å². The van der Waals surface area contributed by atoms with Gasteiger partial charge in [-0.25, -0.2) is 0 Å². The number of carbonyl (C=O) groups excluding carboxylic acids is 2. The third-order valence-electron chi connectivity index (χ3n) is 3.83. The minimum absolute atomic E-state index is 0.121. The second-order valence-corrected chi connectivity index (χ2v) is 5.74. The van der Waals surface area contributed by atoms with Gasteiger partial charge in [0, 0.05) is 18.6 Å². The lowest BCUT2D eigenvalue weighted by Crippen LogP contribution is -2.49. The SMILES string of the molecule is CCOC(=O)CN(CC(=O)N1CCCCC1C)C(C)C. The standard InChI is InChI=1S/C15H28N2O3/c1-5-20-15(19)11-16(12(2)3)10-14(18)17-9-7-6-8-13(17)4/h12-13H,5-11H2,1-4H3. The molecule has 0 bridgehead atoms. The quantitative estimate of drug-likeness (QED) is 0.696. The molecule has 0 radical (unpaired) electrons. The van der Waals surface area contributed by atoms with Crippen molar-refractivity contribution in [3.63, 3.8) is 0 Å². The van der Waals surface area contributed by atoms with Crippen molar-refractivity contribution in [2.24, 2.45) is 0 Å². The summed E-state index contributed by atoms with van der Waals surface area (Å²) in [6.45, 7) is 9.56. The van der Waals surface area contributed by atoms with Gasteiger partial charge in [-0.15, -0.1) is 0 Å². The van der Waals surface area contributed by atoms with Crippen molar-refractivity contribution in [3.05, 3.63) is 0 Å². The summed E-state index contributed by atoms with van der Waals surface area (Å²) in [6, 6.07) is 0.455. The summed E-state index contributed by atoms with van der Waals surface area (Å²) in [5.74, 6) is -0.143. The number of hydrogen-bond acceptors (Lipinski definition) is 4. The molecular weight excluding hydrogens is 256 g/mol. The first-order chi connectivity index (χ1) is 9.45. The zero-order valence-corrected chi connectivity index (χ0v) is 13.2. The van der Waals surface area contributed by atoms with Gasteiger partial charge in [0.05, 0.1) is 19.7 Å². The fourth-order valence-electron chi connectivity index (χ4n) is 2.53. The average molecular weight is 284 g/mol. The fraction of sp³-hybridized carbons (Fsp3) is 0.867. The topological polar surface area (TPSA) is 49.9 Å². The van der Waals surface area contributed by atoms with Gasteiger partial charge in [0.25, 0.3) is 0 Å². The Morgan fingerprint density at radius 2 is 2.00 bits per heavy atom. The number of esters is 1. The number of rotatable bonds is 6. The van der Waals surface area contributed by atoms with Crippen LogP contribution in [0.5, 0.6) is 0 Å². The maximum absolute atomic E-state index is 12.4. The second-order valence-electron chi connectivity index (χ2n) is 5.74. The van der Waals surface area contributed by atoms with Crippen LogP contribution >= 0.6 is 0 Å². The predicted molar refractivity (Wildman–Crippen MR) is 78.4 cm³/mol. The monoisotopic (exact) mass is 284 g/mol. The molecule has 116 valence electrons. The Balaban J connectivity index is 2.56. The van der Waals surface area contributed by atoms with Crippen LogP contribution in [-0.4, -0.2) is 60.0 Å². The number of hydrogen-bond donors (Lipinski definition) is 0. The minimum Gasteiger partial charge on any atom is -0.465 e. The molecule has 1 heterocycles. The number of carbonyl (C=O) groups is 2. The molecule has 1 aliphatic heterocycles. The summed E-state index contributed by atoms with van der Waals surface area (Å²) >= 11 is 0. The zero-order chi connectivity index (χ0) is 15.1. The molecule has 1 aliphatic rings. The summed E-state index contributed by atoms with van der Waals surface area (Å²) in [5.41, 5.74) is 0. The Hall–Kier alpha value is -1.10. The summed E-state index contributed by atoms with van der Waals surface area (Å²) in [4.78, 5) is 27.8. The van der Waals surface area contributed by atoms with E-state index in [1.165, 1.54) is 6.42 Å². The van der Waals surface area contributed by atoms with E-state index in [0.717, 1.165) is 19.4 Å². The lowest BCUT2D eigenvalue weighted by atomic mass is 10.0. The zero-order valence-electron chi connectivity index (χ0n) is 13.2. The van der Waals surface area contributed by atoms with E-state index in [4.69, 9.17) is 4.74 Å². The first kappa shape index (κ1) is 17.0. The van der Waals surface area contributed by atoms with Gasteiger partial charge in [0.2, 0.25) is 5.91 Å². The molecule has 0 saturated carbocycles. The van der Waals surface area contributed by atoms with Gasteiger partial charge in [-0.05, 0) is 47.0 Å². The van der Waals surface area contributed by atoms with Gasteiger partial charge in [-0.1, -0.05) is 0 Å². The smallest absolute Gasteiger partial charge is 0.320 e. The van der Waals surface area contributed by atoms with Gasteiger partial charge in [-0.3, -0.25) is 14.5 Å². The van der Waals surface area contributed by atoms with Crippen LogP contribution in [0.4, 0.5) is 0 Å². The van der Waals surface area contributed by atoms with E-state index >= 15 is 0 Å². The highest BCUT2D eigenvalue weighted by atomic mass is 16.5. The van der Waals surface area contributed by atoms with Crippen molar-refractivity contribution >= 4 is 11.9 Å². The molecule has 0 aromatic heterocycles. The van der Waals surface area contributed by atoms with Crippen LogP contribution in [0, 0.1) is 0 Å². The summed E-state index contributed by atoms with van der Waals surface area (Å²) < 4.78 is 4.97. The minimum atomic E-state index is -0.263. The van der Waals surface area contributed by atoms with E-state index in [9.17, 15) is 9.59 Å². The molecule has 5 heteroatoms. The molecule has 0 N–H and O–H groups in total. The van der Waals surface area contributed by atoms with Gasteiger partial charge < -0.3 is 9.64 Å². The number of likely N-dealkylation sites (tertiary alicyclic amines) is 1. The maximum atomic E-state index is 12.4. The van der Waals surface area contributed by atoms with Crippen LogP contribution in [0.1, 0.15) is 47.0 Å². The number of nitrogens with zero attached hydrogens (tertiary/aromatic N) is 2. The van der Waals surface area contributed by atoms with Crippen molar-refractivity contribution in [2.45, 2.75) is 59.0 Å². The van der Waals surface area contributed by atoms with Crippen molar-refractivity contribution < 1.29 is 14.3 Å². The van der Waals surface area contributed by atoms with Gasteiger partial charge in [0.15, 0.2) is 0 Å². The largest absolute Gasteiger partial charge is 0.465 e. The molecule has 1 unspecified atom stereocenters. The number of piperidine rings is 1. The fourth-order valence-corrected chi connectivity index (χ4v) is 2.53. The Labute approximate surface area is 122 Å². The van der Waals surface area contributed by atoms with Crippen LogP contribution in [0.15, 0.2) is 0 Å². The molecule has 1 fully saturated rings. The molecule has 20 heavy (non-hydrogen) atoms. The first-order valence-corrected chi connectivity index (χ1v) is 7.64. The average Bonchev–Trinajstić information content (AvgIpc) is 2.38. The Morgan fingerprint density at radius 3 is 2.55 bits per heavy atom. The van der Waals surface area contributed by atoms with E-state index in [2.05, 4.69) is 6.92 Å². The molecule has 0 aromatic carbocycles. The molecule has 1 saturated heterocycles. The Bertz CT molecular complexity index is 331. The summed E-state index contributed by atoms with van der Waals surface area (Å²) in [7, 11) is 0. The normalized spacial score (nSPS) is 19.5. The highest BCUT2D eigenvalue weighted by molar-refractivity contribution is 5.80. The molecule has 1 atom stereocenters. The third-order valence-corrected chi connectivity index (χ3v) is 3.83. The molecule has 0 aliphatic carbocycles. The maximum Gasteiger partial charge on any atom is 0.320 e. The molecule has 5 nitrogen and oxygen atoms in total. The van der Waals surface area contributed by atoms with E-state index in [1.807, 2.05) is 23.6 Å². The van der Waals surface area contributed by atoms with Gasteiger partial charge >= 0.3 is 5.97 Å².